The van der Waals surface area contributed by atoms with Crippen LogP contribution in [0.4, 0.5) is 0 Å². The van der Waals surface area contributed by atoms with Gasteiger partial charge >= 0.3 is 0 Å². The molecule has 30 heavy (non-hydrogen) atoms. The molecular weight excluding hydrogens is 472 g/mol. The number of hydrogen-bond donors (Lipinski definition) is 2. The molecule has 2 aromatic carbocycles. The quantitative estimate of drug-likeness (QED) is 0.552. The van der Waals surface area contributed by atoms with Crippen molar-refractivity contribution in [2.45, 2.75) is 38.1 Å². The minimum absolute atomic E-state index is 0.0644. The lowest BCUT2D eigenvalue weighted by Gasteiger charge is -2.14. The van der Waals surface area contributed by atoms with E-state index in [2.05, 4.69) is 26.0 Å². The minimum Gasteiger partial charge on any atom is -0.493 e. The van der Waals surface area contributed by atoms with E-state index in [-0.39, 0.29) is 16.8 Å². The third-order valence-corrected chi connectivity index (χ3v) is 6.78. The van der Waals surface area contributed by atoms with Gasteiger partial charge in [-0.2, -0.15) is 0 Å². The van der Waals surface area contributed by atoms with Crippen LogP contribution in [0.1, 0.15) is 35.3 Å². The number of carbonyl (C=O) groups is 1. The molecule has 0 fully saturated rings. The third-order valence-electron chi connectivity index (χ3n) is 4.39. The van der Waals surface area contributed by atoms with Crippen LogP contribution in [0, 0.1) is 6.92 Å². The number of hydrogen-bond acceptors (Lipinski definition) is 5. The van der Waals surface area contributed by atoms with Crippen LogP contribution >= 0.6 is 15.9 Å². The first kappa shape index (κ1) is 24.2. The van der Waals surface area contributed by atoms with E-state index in [1.807, 2.05) is 12.1 Å². The van der Waals surface area contributed by atoms with Crippen molar-refractivity contribution in [1.29, 1.82) is 0 Å². The lowest BCUT2D eigenvalue weighted by Crippen LogP contribution is -2.31. The Morgan fingerprint density at radius 3 is 2.33 bits per heavy atom. The van der Waals surface area contributed by atoms with Gasteiger partial charge in [0.05, 0.1) is 19.1 Å². The second-order valence-corrected chi connectivity index (χ2v) is 9.63. The molecule has 0 aliphatic carbocycles. The van der Waals surface area contributed by atoms with Crippen LogP contribution in [0.3, 0.4) is 0 Å². The van der Waals surface area contributed by atoms with E-state index < -0.39 is 10.0 Å². The summed E-state index contributed by atoms with van der Waals surface area (Å²) in [4.78, 5) is 12.7. The number of halogens is 1. The molecule has 7 nitrogen and oxygen atoms in total. The maximum Gasteiger partial charge on any atom is 0.251 e. The van der Waals surface area contributed by atoms with Crippen LogP contribution in [0.15, 0.2) is 39.7 Å². The second-order valence-electron chi connectivity index (χ2n) is 7.06. The summed E-state index contributed by atoms with van der Waals surface area (Å²) in [6.45, 7) is 5.62. The number of benzene rings is 2. The Morgan fingerprint density at radius 1 is 1.10 bits per heavy atom. The number of methoxy groups -OCH3 is 2. The standard InChI is InChI=1S/C21H27BrN2O5S/c1-13(2)24-30(26,27)16-7-6-14(3)17(11-16)21(25)23-9-8-15-10-19(28-4)20(29-5)12-18(15)22/h6-7,10-13,24H,8-9H2,1-5H3,(H,23,25). The number of rotatable bonds is 9. The fourth-order valence-electron chi connectivity index (χ4n) is 2.89. The number of ether oxygens (including phenoxy) is 2. The zero-order valence-corrected chi connectivity index (χ0v) is 20.1. The largest absolute Gasteiger partial charge is 0.493 e. The molecule has 2 aromatic rings. The Hall–Kier alpha value is -2.10. The van der Waals surface area contributed by atoms with Crippen LogP contribution in [0.25, 0.3) is 0 Å². The summed E-state index contributed by atoms with van der Waals surface area (Å²) in [6, 6.07) is 7.96. The van der Waals surface area contributed by atoms with Crippen molar-refractivity contribution in [2.75, 3.05) is 20.8 Å². The highest BCUT2D eigenvalue weighted by Gasteiger charge is 2.19. The van der Waals surface area contributed by atoms with Gasteiger partial charge in [-0.25, -0.2) is 13.1 Å². The predicted octanol–water partition coefficient (Wildman–Crippen LogP) is 3.43. The Balaban J connectivity index is 2.13. The zero-order valence-electron chi connectivity index (χ0n) is 17.7. The minimum atomic E-state index is -3.68. The van der Waals surface area contributed by atoms with Crippen LogP contribution in [0.5, 0.6) is 11.5 Å². The number of sulfonamides is 1. The van der Waals surface area contributed by atoms with Crippen LogP contribution in [0.2, 0.25) is 0 Å². The number of aryl methyl sites for hydroxylation is 1. The molecule has 0 spiro atoms. The molecule has 2 N–H and O–H groups in total. The molecule has 0 unspecified atom stereocenters. The maximum atomic E-state index is 12.7. The smallest absolute Gasteiger partial charge is 0.251 e. The first-order valence-corrected chi connectivity index (χ1v) is 11.7. The summed E-state index contributed by atoms with van der Waals surface area (Å²) in [5, 5.41) is 2.85. The molecular formula is C21H27BrN2O5S. The van der Waals surface area contributed by atoms with Crippen molar-refractivity contribution in [1.82, 2.24) is 10.0 Å². The van der Waals surface area contributed by atoms with Gasteiger partial charge in [0, 0.05) is 22.6 Å². The zero-order chi connectivity index (χ0) is 22.5. The third kappa shape index (κ3) is 5.96. The lowest BCUT2D eigenvalue weighted by atomic mass is 10.1. The van der Waals surface area contributed by atoms with Gasteiger partial charge in [0.1, 0.15) is 0 Å². The molecule has 0 saturated carbocycles. The monoisotopic (exact) mass is 498 g/mol. The highest BCUT2D eigenvalue weighted by molar-refractivity contribution is 9.10. The summed E-state index contributed by atoms with van der Waals surface area (Å²) >= 11 is 3.50. The van der Waals surface area contributed by atoms with Gasteiger partial charge in [0.2, 0.25) is 10.0 Å². The highest BCUT2D eigenvalue weighted by Crippen LogP contribution is 2.33. The average molecular weight is 499 g/mol. The first-order valence-electron chi connectivity index (χ1n) is 9.40. The molecule has 0 aromatic heterocycles. The fraction of sp³-hybridized carbons (Fsp3) is 0.381. The van der Waals surface area contributed by atoms with Gasteiger partial charge < -0.3 is 14.8 Å². The van der Waals surface area contributed by atoms with Crippen molar-refractivity contribution >= 4 is 31.9 Å². The summed E-state index contributed by atoms with van der Waals surface area (Å²) in [7, 11) is -0.546. The van der Waals surface area contributed by atoms with Gasteiger partial charge in [-0.3, -0.25) is 4.79 Å². The van der Waals surface area contributed by atoms with E-state index in [0.29, 0.717) is 35.6 Å². The van der Waals surface area contributed by atoms with E-state index in [1.165, 1.54) is 12.1 Å². The Bertz CT molecular complexity index is 1020. The van der Waals surface area contributed by atoms with Crippen molar-refractivity contribution in [3.05, 3.63) is 51.5 Å². The summed E-state index contributed by atoms with van der Waals surface area (Å²) in [5.41, 5.74) is 1.97. The van der Waals surface area contributed by atoms with Gasteiger partial charge in [0.25, 0.3) is 5.91 Å². The van der Waals surface area contributed by atoms with Crippen LogP contribution in [-0.4, -0.2) is 41.1 Å². The normalized spacial score (nSPS) is 11.4. The molecule has 0 aliphatic rings. The molecule has 0 saturated heterocycles. The average Bonchev–Trinajstić information content (AvgIpc) is 2.67. The van der Waals surface area contributed by atoms with Gasteiger partial charge in [0.15, 0.2) is 11.5 Å². The van der Waals surface area contributed by atoms with Gasteiger partial charge in [-0.1, -0.05) is 22.0 Å². The fourth-order valence-corrected chi connectivity index (χ4v) is 4.68. The first-order chi connectivity index (χ1) is 14.1. The molecule has 164 valence electrons. The Morgan fingerprint density at radius 2 is 1.73 bits per heavy atom. The van der Waals surface area contributed by atoms with Crippen molar-refractivity contribution in [3.8, 4) is 11.5 Å². The molecule has 0 atom stereocenters. The van der Waals surface area contributed by atoms with E-state index in [4.69, 9.17) is 9.47 Å². The van der Waals surface area contributed by atoms with Crippen LogP contribution in [-0.2, 0) is 16.4 Å². The lowest BCUT2D eigenvalue weighted by molar-refractivity contribution is 0.0953. The molecule has 2 rings (SSSR count). The van der Waals surface area contributed by atoms with Crippen LogP contribution < -0.4 is 19.5 Å². The highest BCUT2D eigenvalue weighted by atomic mass is 79.9. The summed E-state index contributed by atoms with van der Waals surface area (Å²) in [5.74, 6) is 0.889. The predicted molar refractivity (Wildman–Crippen MR) is 120 cm³/mol. The summed E-state index contributed by atoms with van der Waals surface area (Å²) in [6.07, 6.45) is 0.554. The van der Waals surface area contributed by atoms with Gasteiger partial charge in [-0.05, 0) is 62.6 Å². The molecule has 1 amide bonds. The van der Waals surface area contributed by atoms with Crippen molar-refractivity contribution in [3.63, 3.8) is 0 Å². The summed E-state index contributed by atoms with van der Waals surface area (Å²) < 4.78 is 38.8. The van der Waals surface area contributed by atoms with E-state index in [0.717, 1.165) is 10.0 Å². The van der Waals surface area contributed by atoms with Crippen molar-refractivity contribution < 1.29 is 22.7 Å². The molecule has 0 heterocycles. The van der Waals surface area contributed by atoms with E-state index in [1.54, 1.807) is 41.1 Å². The topological polar surface area (TPSA) is 93.7 Å². The van der Waals surface area contributed by atoms with Crippen molar-refractivity contribution in [2.24, 2.45) is 0 Å². The van der Waals surface area contributed by atoms with E-state index in [9.17, 15) is 13.2 Å². The SMILES string of the molecule is COc1cc(Br)c(CCNC(=O)c2cc(S(=O)(=O)NC(C)C)ccc2C)cc1OC. The molecule has 0 aliphatic heterocycles. The number of nitrogens with one attached hydrogen (secondary N) is 2. The van der Waals surface area contributed by atoms with E-state index >= 15 is 0 Å². The second kappa shape index (κ2) is 10.3. The Labute approximate surface area is 186 Å². The molecule has 0 bridgehead atoms. The van der Waals surface area contributed by atoms with Gasteiger partial charge in [-0.15, -0.1) is 0 Å². The number of carbonyl (C=O) groups excluding carboxylic acids is 1. The molecule has 9 heteroatoms. The Kier molecular flexibility index (Phi) is 8.28. The molecule has 0 radical (unpaired) electrons. The number of amides is 1. The maximum absolute atomic E-state index is 12.7.